The minimum Gasteiger partial charge on any atom is -0.488 e. The molecule has 2 aromatic heterocycles. The molecule has 7 rings (SSSR count). The number of pyridine rings is 2. The predicted octanol–water partition coefficient (Wildman–Crippen LogP) is 9.92. The zero-order valence-corrected chi connectivity index (χ0v) is 36.8. The van der Waals surface area contributed by atoms with Crippen molar-refractivity contribution in [2.24, 2.45) is 5.92 Å². The largest absolute Gasteiger partial charge is 0.488 e. The SMILES string of the molecule is Cc1c(COc2cc(OCc3cncc(C#N)c3)c(CO)cc2Cl)cccc1-c1cccc(COc2cc(OCc3cncc(C#N)c3)c(CN3CCCC(C(=O)O)C3)cc2Cl)c1C. The monoisotopic (exact) mass is 897 g/mol. The Balaban J connectivity index is 1.07. The molecule has 326 valence electrons. The van der Waals surface area contributed by atoms with Crippen LogP contribution in [0.3, 0.4) is 0 Å². The molecule has 0 aliphatic carbocycles. The molecular formula is C50H45Cl2N5O7. The minimum absolute atomic E-state index is 0.130. The number of aliphatic hydroxyl groups is 1. The van der Waals surface area contributed by atoms with Crippen LogP contribution in [0.5, 0.6) is 23.0 Å². The van der Waals surface area contributed by atoms with E-state index in [0.717, 1.165) is 57.5 Å². The lowest BCUT2D eigenvalue weighted by atomic mass is 9.92. The molecule has 12 nitrogen and oxygen atoms in total. The van der Waals surface area contributed by atoms with Crippen molar-refractivity contribution in [3.8, 4) is 46.3 Å². The van der Waals surface area contributed by atoms with Crippen LogP contribution in [-0.4, -0.2) is 44.1 Å². The number of halogens is 2. The lowest BCUT2D eigenvalue weighted by molar-refractivity contribution is -0.143. The third-order valence-electron chi connectivity index (χ3n) is 11.2. The average Bonchev–Trinajstić information content (AvgIpc) is 3.31. The second-order valence-electron chi connectivity index (χ2n) is 15.6. The Bertz CT molecular complexity index is 2750. The number of rotatable bonds is 17. The summed E-state index contributed by atoms with van der Waals surface area (Å²) in [5, 5.41) is 39.1. The van der Waals surface area contributed by atoms with Crippen molar-refractivity contribution in [3.05, 3.63) is 163 Å². The maximum atomic E-state index is 11.8. The minimum atomic E-state index is -0.798. The first-order chi connectivity index (χ1) is 31.0. The van der Waals surface area contributed by atoms with Gasteiger partial charge in [0.15, 0.2) is 0 Å². The molecule has 1 fully saturated rings. The molecule has 0 saturated carbocycles. The third kappa shape index (κ3) is 11.1. The molecule has 3 heterocycles. The van der Waals surface area contributed by atoms with Gasteiger partial charge < -0.3 is 29.2 Å². The fourth-order valence-electron chi connectivity index (χ4n) is 7.68. The van der Waals surface area contributed by atoms with Crippen molar-refractivity contribution in [1.82, 2.24) is 14.9 Å². The van der Waals surface area contributed by atoms with E-state index >= 15 is 0 Å². The summed E-state index contributed by atoms with van der Waals surface area (Å²) in [5.41, 5.74) is 9.54. The zero-order valence-electron chi connectivity index (χ0n) is 35.3. The highest BCUT2D eigenvalue weighted by molar-refractivity contribution is 6.32. The lowest BCUT2D eigenvalue weighted by Gasteiger charge is -2.31. The molecule has 1 aliphatic rings. The topological polar surface area (TPSA) is 171 Å². The summed E-state index contributed by atoms with van der Waals surface area (Å²) in [4.78, 5) is 22.2. The maximum absolute atomic E-state index is 11.8. The highest BCUT2D eigenvalue weighted by Gasteiger charge is 2.26. The summed E-state index contributed by atoms with van der Waals surface area (Å²) >= 11 is 13.5. The molecule has 1 aliphatic heterocycles. The van der Waals surface area contributed by atoms with Crippen molar-refractivity contribution in [3.63, 3.8) is 0 Å². The molecule has 2 N–H and O–H groups in total. The maximum Gasteiger partial charge on any atom is 0.307 e. The number of likely N-dealkylation sites (tertiary alicyclic amines) is 1. The Hall–Kier alpha value is -6.67. The van der Waals surface area contributed by atoms with Crippen LogP contribution >= 0.6 is 23.2 Å². The van der Waals surface area contributed by atoms with Gasteiger partial charge in [0, 0.05) is 72.3 Å². The summed E-state index contributed by atoms with van der Waals surface area (Å²) in [6, 6.07) is 26.6. The summed E-state index contributed by atoms with van der Waals surface area (Å²) in [7, 11) is 0. The first-order valence-electron chi connectivity index (χ1n) is 20.6. The van der Waals surface area contributed by atoms with Crippen LogP contribution in [-0.2, 0) is 44.4 Å². The fourth-order valence-corrected chi connectivity index (χ4v) is 8.16. The van der Waals surface area contributed by atoms with Crippen molar-refractivity contribution in [2.45, 2.75) is 66.3 Å². The Kier molecular flexibility index (Phi) is 15.0. The number of aromatic nitrogens is 2. The number of piperidine rings is 1. The molecule has 1 unspecified atom stereocenters. The van der Waals surface area contributed by atoms with Crippen LogP contribution in [0.4, 0.5) is 0 Å². The van der Waals surface area contributed by atoms with Crippen LogP contribution in [0.15, 0.2) is 97.6 Å². The number of hydrogen-bond donors (Lipinski definition) is 2. The molecule has 1 saturated heterocycles. The first-order valence-corrected chi connectivity index (χ1v) is 21.4. The van der Waals surface area contributed by atoms with Crippen LogP contribution in [0.25, 0.3) is 11.1 Å². The summed E-state index contributed by atoms with van der Waals surface area (Å²) in [6.45, 7) is 6.14. The Morgan fingerprint density at radius 3 is 1.70 bits per heavy atom. The number of aliphatic carboxylic acids is 1. The second-order valence-corrected chi connectivity index (χ2v) is 16.4. The van der Waals surface area contributed by atoms with Crippen LogP contribution in [0, 0.1) is 42.4 Å². The molecule has 6 aromatic rings. The van der Waals surface area contributed by atoms with Gasteiger partial charge in [-0.05, 0) is 90.9 Å². The van der Waals surface area contributed by atoms with Gasteiger partial charge >= 0.3 is 5.97 Å². The number of aliphatic hydroxyl groups excluding tert-OH is 1. The molecule has 4 aromatic carbocycles. The van der Waals surface area contributed by atoms with Crippen molar-refractivity contribution in [1.29, 1.82) is 10.5 Å². The van der Waals surface area contributed by atoms with Crippen molar-refractivity contribution in [2.75, 3.05) is 13.1 Å². The smallest absolute Gasteiger partial charge is 0.307 e. The molecule has 64 heavy (non-hydrogen) atoms. The number of nitrogens with zero attached hydrogens (tertiary/aromatic N) is 5. The number of carboxylic acid groups (broad SMARTS) is 1. The molecule has 14 heteroatoms. The van der Waals surface area contributed by atoms with E-state index in [1.807, 2.05) is 37.3 Å². The van der Waals surface area contributed by atoms with Gasteiger partial charge in [0.1, 0.15) is 61.6 Å². The van der Waals surface area contributed by atoms with E-state index in [4.69, 9.17) is 42.1 Å². The fraction of sp³-hybridized carbons (Fsp3) is 0.260. The van der Waals surface area contributed by atoms with Gasteiger partial charge in [0.25, 0.3) is 0 Å². The Morgan fingerprint density at radius 2 is 1.20 bits per heavy atom. The summed E-state index contributed by atoms with van der Waals surface area (Å²) in [5.74, 6) is 0.516. The van der Waals surface area contributed by atoms with Crippen molar-refractivity contribution < 1.29 is 34.0 Å². The zero-order chi connectivity index (χ0) is 45.2. The third-order valence-corrected chi connectivity index (χ3v) is 11.8. The Labute approximate surface area is 381 Å². The molecule has 0 amide bonds. The number of benzene rings is 4. The van der Waals surface area contributed by atoms with E-state index in [0.29, 0.717) is 74.8 Å². The summed E-state index contributed by atoms with van der Waals surface area (Å²) in [6.07, 6.45) is 7.65. The lowest BCUT2D eigenvalue weighted by Crippen LogP contribution is -2.38. The van der Waals surface area contributed by atoms with Crippen LogP contribution in [0.2, 0.25) is 10.0 Å². The van der Waals surface area contributed by atoms with Gasteiger partial charge in [0.2, 0.25) is 0 Å². The average molecular weight is 899 g/mol. The van der Waals surface area contributed by atoms with Crippen LogP contribution < -0.4 is 18.9 Å². The van der Waals surface area contributed by atoms with Gasteiger partial charge in [0.05, 0.1) is 33.7 Å². The molecule has 0 bridgehead atoms. The van der Waals surface area contributed by atoms with E-state index in [1.165, 1.54) is 12.4 Å². The number of nitriles is 2. The predicted molar refractivity (Wildman–Crippen MR) is 241 cm³/mol. The van der Waals surface area contributed by atoms with E-state index in [2.05, 4.69) is 46.1 Å². The van der Waals surface area contributed by atoms with E-state index in [9.17, 15) is 25.5 Å². The van der Waals surface area contributed by atoms with Gasteiger partial charge in [-0.2, -0.15) is 10.5 Å². The van der Waals surface area contributed by atoms with E-state index in [-0.39, 0.29) is 33.0 Å². The van der Waals surface area contributed by atoms with Crippen LogP contribution in [0.1, 0.15) is 68.5 Å². The molecule has 1 atom stereocenters. The highest BCUT2D eigenvalue weighted by Crippen LogP contribution is 2.38. The second kappa shape index (κ2) is 21.1. The van der Waals surface area contributed by atoms with Gasteiger partial charge in [-0.3, -0.25) is 19.7 Å². The normalized spacial score (nSPS) is 13.7. The molecule has 0 radical (unpaired) electrons. The number of carbonyl (C=O) groups is 1. The highest BCUT2D eigenvalue weighted by atomic mass is 35.5. The number of ether oxygens (including phenoxy) is 4. The number of hydrogen-bond acceptors (Lipinski definition) is 11. The first kappa shape index (κ1) is 45.4. The molecule has 0 spiro atoms. The van der Waals surface area contributed by atoms with E-state index < -0.39 is 11.9 Å². The van der Waals surface area contributed by atoms with Gasteiger partial charge in [-0.15, -0.1) is 0 Å². The van der Waals surface area contributed by atoms with E-state index in [1.54, 1.807) is 42.7 Å². The van der Waals surface area contributed by atoms with Crippen molar-refractivity contribution >= 4 is 29.2 Å². The number of carboxylic acids is 1. The van der Waals surface area contributed by atoms with Gasteiger partial charge in [-0.1, -0.05) is 59.6 Å². The van der Waals surface area contributed by atoms with Gasteiger partial charge in [-0.25, -0.2) is 0 Å². The molecular weight excluding hydrogens is 853 g/mol. The summed E-state index contributed by atoms with van der Waals surface area (Å²) < 4.78 is 25.0. The standard InChI is InChI=1S/C50H45Cl2N5O7/c1-31-38(29-63-48-16-46(61-27-35-12-33(18-53)20-55-22-35)40(14-44(48)51)25-57-11-5-8-37(24-57)50(59)60)6-3-9-42(31)43-10-4-7-39(32(43)2)30-64-49-17-47(41(26-58)15-45(49)52)62-28-36-13-34(19-54)21-56-23-36/h3-4,6-7,9-10,12-17,20-23,37,58H,5,8,11,24-30H2,1-2H3,(H,59,60). The quantitative estimate of drug-likeness (QED) is 0.0889. The Morgan fingerprint density at radius 1 is 0.703 bits per heavy atom.